The van der Waals surface area contributed by atoms with Gasteiger partial charge in [0.15, 0.2) is 9.84 Å². The van der Waals surface area contributed by atoms with Crippen LogP contribution in [0.5, 0.6) is 0 Å². The van der Waals surface area contributed by atoms with E-state index >= 15 is 0 Å². The summed E-state index contributed by atoms with van der Waals surface area (Å²) in [6, 6.07) is 0.522. The molecule has 6 nitrogen and oxygen atoms in total. The predicted octanol–water partition coefficient (Wildman–Crippen LogP) is -0.636. The number of nitrogens with one attached hydrogen (secondary N) is 2. The number of sulfone groups is 1. The third kappa shape index (κ3) is 3.57. The smallest absolute Gasteiger partial charge is 0.234 e. The minimum atomic E-state index is -2.98. The van der Waals surface area contributed by atoms with E-state index in [0.717, 1.165) is 19.6 Å². The Kier molecular flexibility index (Phi) is 4.00. The lowest BCUT2D eigenvalue weighted by atomic mass is 9.94. The van der Waals surface area contributed by atoms with Gasteiger partial charge in [-0.05, 0) is 38.6 Å². The van der Waals surface area contributed by atoms with Crippen LogP contribution >= 0.6 is 0 Å². The zero-order chi connectivity index (χ0) is 15.1. The second kappa shape index (κ2) is 5.52. The summed E-state index contributed by atoms with van der Waals surface area (Å²) in [4.78, 5) is 14.4. The molecule has 0 aliphatic carbocycles. The molecule has 3 aliphatic rings. The quantitative estimate of drug-likeness (QED) is 0.725. The highest BCUT2D eigenvalue weighted by molar-refractivity contribution is 7.91. The highest BCUT2D eigenvalue weighted by atomic mass is 32.2. The molecule has 0 saturated carbocycles. The molecule has 3 atom stereocenters. The summed E-state index contributed by atoms with van der Waals surface area (Å²) in [5.41, 5.74) is -0.583. The van der Waals surface area contributed by atoms with Gasteiger partial charge < -0.3 is 10.6 Å². The average Bonchev–Trinajstić information content (AvgIpc) is 2.88. The Balaban J connectivity index is 1.51. The van der Waals surface area contributed by atoms with Crippen LogP contribution in [0.3, 0.4) is 0 Å². The molecule has 21 heavy (non-hydrogen) atoms. The molecule has 0 spiro atoms. The lowest BCUT2D eigenvalue weighted by Gasteiger charge is -2.25. The number of carbonyl (C=O) groups is 1. The summed E-state index contributed by atoms with van der Waals surface area (Å²) in [6.07, 6.45) is 2.98. The van der Waals surface area contributed by atoms with Crippen LogP contribution in [0.15, 0.2) is 0 Å². The fourth-order valence-corrected chi connectivity index (χ4v) is 6.05. The van der Waals surface area contributed by atoms with Crippen molar-refractivity contribution in [3.63, 3.8) is 0 Å². The highest BCUT2D eigenvalue weighted by Gasteiger charge is 2.40. The van der Waals surface area contributed by atoms with E-state index in [1.165, 1.54) is 12.8 Å². The Hall–Kier alpha value is -0.660. The lowest BCUT2D eigenvalue weighted by molar-refractivity contribution is -0.123. The van der Waals surface area contributed by atoms with Crippen molar-refractivity contribution in [2.75, 3.05) is 37.7 Å². The van der Waals surface area contributed by atoms with Crippen LogP contribution in [-0.4, -0.2) is 68.5 Å². The van der Waals surface area contributed by atoms with Gasteiger partial charge in [0.2, 0.25) is 5.91 Å². The molecule has 3 aliphatic heterocycles. The molecule has 0 aromatic rings. The molecule has 3 rings (SSSR count). The third-order valence-corrected chi connectivity index (χ3v) is 6.89. The molecule has 2 N–H and O–H groups in total. The molecule has 0 radical (unpaired) electrons. The van der Waals surface area contributed by atoms with Gasteiger partial charge in [-0.25, -0.2) is 8.42 Å². The van der Waals surface area contributed by atoms with E-state index in [1.54, 1.807) is 0 Å². The maximum Gasteiger partial charge on any atom is 0.234 e. The van der Waals surface area contributed by atoms with Crippen molar-refractivity contribution in [1.82, 2.24) is 15.5 Å². The van der Waals surface area contributed by atoms with E-state index in [2.05, 4.69) is 15.5 Å². The van der Waals surface area contributed by atoms with Crippen molar-refractivity contribution in [3.05, 3.63) is 0 Å². The van der Waals surface area contributed by atoms with Crippen LogP contribution in [0.4, 0.5) is 0 Å². The first-order chi connectivity index (χ1) is 9.85. The molecule has 3 fully saturated rings. The zero-order valence-corrected chi connectivity index (χ0v) is 13.4. The van der Waals surface area contributed by atoms with Crippen LogP contribution in [0.25, 0.3) is 0 Å². The number of hydrogen-bond donors (Lipinski definition) is 2. The van der Waals surface area contributed by atoms with Crippen molar-refractivity contribution in [3.8, 4) is 0 Å². The average molecular weight is 315 g/mol. The van der Waals surface area contributed by atoms with Crippen LogP contribution < -0.4 is 10.6 Å². The molecule has 0 aromatic carbocycles. The van der Waals surface area contributed by atoms with Gasteiger partial charge in [-0.15, -0.1) is 0 Å². The van der Waals surface area contributed by atoms with Crippen LogP contribution in [-0.2, 0) is 14.6 Å². The standard InChI is InChI=1S/C14H25N3O3S/c1-14(4-6-21(19,20)10-14)16-13(18)9-17-7-11-3-2-5-15-12(11)8-17/h11-12,15H,2-10H2,1H3,(H,16,18)/t11-,12+,14?/m0/s1. The summed E-state index contributed by atoms with van der Waals surface area (Å²) in [7, 11) is -2.98. The first kappa shape index (κ1) is 15.2. The van der Waals surface area contributed by atoms with E-state index in [-0.39, 0.29) is 17.4 Å². The molecule has 120 valence electrons. The maximum atomic E-state index is 12.2. The first-order valence-corrected chi connectivity index (χ1v) is 9.65. The van der Waals surface area contributed by atoms with Gasteiger partial charge in [0.1, 0.15) is 0 Å². The number of fused-ring (bicyclic) bond motifs is 1. The minimum absolute atomic E-state index is 0.0479. The van der Waals surface area contributed by atoms with Gasteiger partial charge >= 0.3 is 0 Å². The van der Waals surface area contributed by atoms with Crippen LogP contribution in [0.2, 0.25) is 0 Å². The normalized spacial score (nSPS) is 39.1. The summed E-state index contributed by atoms with van der Waals surface area (Å²) in [6.45, 7) is 5.19. The van der Waals surface area contributed by atoms with Crippen molar-refractivity contribution in [2.24, 2.45) is 5.92 Å². The molecule has 0 aromatic heterocycles. The molecule has 1 amide bonds. The molecule has 3 saturated heterocycles. The maximum absolute atomic E-state index is 12.2. The number of rotatable bonds is 3. The van der Waals surface area contributed by atoms with Crippen LogP contribution in [0, 0.1) is 5.92 Å². The van der Waals surface area contributed by atoms with Gasteiger partial charge in [0.05, 0.1) is 23.6 Å². The summed E-state index contributed by atoms with van der Waals surface area (Å²) in [5, 5.41) is 6.46. The number of hydrogen-bond acceptors (Lipinski definition) is 5. The second-order valence-electron chi connectivity index (χ2n) is 7.11. The number of likely N-dealkylation sites (tertiary alicyclic amines) is 1. The van der Waals surface area contributed by atoms with E-state index in [1.807, 2.05) is 6.92 Å². The van der Waals surface area contributed by atoms with Crippen LogP contribution in [0.1, 0.15) is 26.2 Å². The van der Waals surface area contributed by atoms with Crippen molar-refractivity contribution < 1.29 is 13.2 Å². The number of piperidine rings is 1. The molecule has 0 bridgehead atoms. The van der Waals surface area contributed by atoms with E-state index < -0.39 is 15.4 Å². The summed E-state index contributed by atoms with van der Waals surface area (Å²) >= 11 is 0. The SMILES string of the molecule is CC1(NC(=O)CN2C[C@@H]3CCCN[C@@H]3C2)CCS(=O)(=O)C1. The Morgan fingerprint density at radius 1 is 1.43 bits per heavy atom. The van der Waals surface area contributed by atoms with Crippen molar-refractivity contribution in [2.45, 2.75) is 37.8 Å². The molecule has 3 heterocycles. The van der Waals surface area contributed by atoms with E-state index in [9.17, 15) is 13.2 Å². The third-order valence-electron chi connectivity index (χ3n) is 4.99. The van der Waals surface area contributed by atoms with E-state index in [0.29, 0.717) is 24.9 Å². The predicted molar refractivity (Wildman–Crippen MR) is 80.8 cm³/mol. The minimum Gasteiger partial charge on any atom is -0.349 e. The Bertz CT molecular complexity index is 508. The first-order valence-electron chi connectivity index (χ1n) is 7.82. The fourth-order valence-electron chi connectivity index (χ4n) is 3.95. The Morgan fingerprint density at radius 2 is 2.24 bits per heavy atom. The van der Waals surface area contributed by atoms with Gasteiger partial charge in [0.25, 0.3) is 0 Å². The lowest BCUT2D eigenvalue weighted by Crippen LogP contribution is -2.50. The largest absolute Gasteiger partial charge is 0.349 e. The second-order valence-corrected chi connectivity index (χ2v) is 9.29. The van der Waals surface area contributed by atoms with Crippen molar-refractivity contribution in [1.29, 1.82) is 0 Å². The van der Waals surface area contributed by atoms with Gasteiger partial charge in [-0.3, -0.25) is 9.69 Å². The monoisotopic (exact) mass is 315 g/mol. The van der Waals surface area contributed by atoms with E-state index in [4.69, 9.17) is 0 Å². The number of carbonyl (C=O) groups excluding carboxylic acids is 1. The molecular weight excluding hydrogens is 290 g/mol. The molecule has 7 heteroatoms. The summed E-state index contributed by atoms with van der Waals surface area (Å²) in [5.74, 6) is 0.863. The number of amides is 1. The number of nitrogens with zero attached hydrogens (tertiary/aromatic N) is 1. The zero-order valence-electron chi connectivity index (χ0n) is 12.6. The van der Waals surface area contributed by atoms with Gasteiger partial charge in [-0.2, -0.15) is 0 Å². The Morgan fingerprint density at radius 3 is 2.90 bits per heavy atom. The topological polar surface area (TPSA) is 78.5 Å². The van der Waals surface area contributed by atoms with Gasteiger partial charge in [0, 0.05) is 19.1 Å². The summed E-state index contributed by atoms with van der Waals surface area (Å²) < 4.78 is 23.1. The Labute approximate surface area is 126 Å². The highest BCUT2D eigenvalue weighted by Crippen LogP contribution is 2.25. The molecule has 1 unspecified atom stereocenters. The molecular formula is C14H25N3O3S. The fraction of sp³-hybridized carbons (Fsp3) is 0.929. The van der Waals surface area contributed by atoms with Gasteiger partial charge in [-0.1, -0.05) is 0 Å². The van der Waals surface area contributed by atoms with Crippen molar-refractivity contribution >= 4 is 15.7 Å².